The van der Waals surface area contributed by atoms with Crippen LogP contribution in [0.25, 0.3) is 0 Å². The Labute approximate surface area is 190 Å². The Morgan fingerprint density at radius 1 is 1.22 bits per heavy atom. The number of hydrogen-bond donors (Lipinski definition) is 3. The zero-order valence-corrected chi connectivity index (χ0v) is 18.7. The lowest BCUT2D eigenvalue weighted by atomic mass is 10.00. The highest BCUT2D eigenvalue weighted by Crippen LogP contribution is 2.35. The number of amides is 1. The molecule has 1 saturated heterocycles. The van der Waals surface area contributed by atoms with Gasteiger partial charge in [0.05, 0.1) is 17.8 Å². The largest absolute Gasteiger partial charge is 0.325 e. The summed E-state index contributed by atoms with van der Waals surface area (Å²) in [5, 5.41) is 10.3. The quantitative estimate of drug-likeness (QED) is 0.660. The summed E-state index contributed by atoms with van der Waals surface area (Å²) in [6, 6.07) is 12.8. The number of rotatable bonds is 4. The molecular weight excluding hydrogens is 427 g/mol. The summed E-state index contributed by atoms with van der Waals surface area (Å²) in [6.07, 6.45) is 4.78. The van der Waals surface area contributed by atoms with Crippen molar-refractivity contribution in [1.29, 1.82) is 0 Å². The van der Waals surface area contributed by atoms with Gasteiger partial charge in [0.2, 0.25) is 5.91 Å². The number of benzene rings is 2. The van der Waals surface area contributed by atoms with E-state index in [2.05, 4.69) is 31.2 Å². The maximum atomic E-state index is 13.3. The molecule has 3 atom stereocenters. The molecule has 9 heteroatoms. The van der Waals surface area contributed by atoms with Gasteiger partial charge in [0.25, 0.3) is 0 Å². The van der Waals surface area contributed by atoms with Gasteiger partial charge in [-0.1, -0.05) is 36.0 Å². The maximum absolute atomic E-state index is 13.3. The average molecular weight is 453 g/mol. The summed E-state index contributed by atoms with van der Waals surface area (Å²) >= 11 is 1.41. The summed E-state index contributed by atoms with van der Waals surface area (Å²) in [7, 11) is 0. The summed E-state index contributed by atoms with van der Waals surface area (Å²) in [6.45, 7) is 4.04. The topological polar surface area (TPSA) is 72.0 Å². The van der Waals surface area contributed by atoms with E-state index in [0.29, 0.717) is 0 Å². The predicted molar refractivity (Wildman–Crippen MR) is 125 cm³/mol. The molecule has 166 valence electrons. The van der Waals surface area contributed by atoms with Crippen molar-refractivity contribution in [2.75, 3.05) is 11.1 Å². The molecule has 0 bridgehead atoms. The van der Waals surface area contributed by atoms with E-state index in [0.717, 1.165) is 34.0 Å². The maximum Gasteiger partial charge on any atom is 0.234 e. The normalized spacial score (nSPS) is 23.5. The average Bonchev–Trinajstić information content (AvgIpc) is 3.40. The molecule has 3 aliphatic heterocycles. The van der Waals surface area contributed by atoms with Crippen molar-refractivity contribution in [3.05, 3.63) is 77.4 Å². The third-order valence-corrected chi connectivity index (χ3v) is 7.16. The van der Waals surface area contributed by atoms with E-state index in [-0.39, 0.29) is 35.7 Å². The van der Waals surface area contributed by atoms with Crippen molar-refractivity contribution < 1.29 is 9.18 Å². The highest BCUT2D eigenvalue weighted by molar-refractivity contribution is 8.14. The number of hydrazone groups is 1. The molecule has 0 saturated carbocycles. The molecule has 1 amide bonds. The standard InChI is InChI=1S/C23H25FN6OS/c1-14-4-3-5-18(15(14)2)25-21(31)13-32-23-27-26-22-20-12-19(16-6-8-17(24)9-7-16)28-30(20)11-10-29(22)23/h3-11,19-20,22,26,28H,12-13H2,1-2H3,(H,25,31). The second kappa shape index (κ2) is 8.48. The molecule has 0 spiro atoms. The number of amidine groups is 1. The third kappa shape index (κ3) is 3.93. The number of carbonyl (C=O) groups excluding carboxylic acids is 1. The molecule has 2 aromatic carbocycles. The van der Waals surface area contributed by atoms with Gasteiger partial charge < -0.3 is 15.2 Å². The van der Waals surface area contributed by atoms with E-state index < -0.39 is 0 Å². The molecule has 3 N–H and O–H groups in total. The minimum atomic E-state index is -0.232. The first kappa shape index (κ1) is 20.8. The van der Waals surface area contributed by atoms with Gasteiger partial charge in [0.15, 0.2) is 5.17 Å². The number of hydrazine groups is 1. The van der Waals surface area contributed by atoms with E-state index >= 15 is 0 Å². The SMILES string of the molecule is Cc1cccc(NC(=O)CSC2=NNC3C4CC(c5ccc(F)cc5)NN4C=CN23)c1C. The Balaban J connectivity index is 1.19. The summed E-state index contributed by atoms with van der Waals surface area (Å²) in [5.74, 6) is -0.0171. The molecule has 5 rings (SSSR count). The van der Waals surface area contributed by atoms with Gasteiger partial charge in [-0.3, -0.25) is 10.2 Å². The van der Waals surface area contributed by atoms with Crippen LogP contribution in [0.2, 0.25) is 0 Å². The van der Waals surface area contributed by atoms with Gasteiger partial charge in [-0.2, -0.15) is 5.10 Å². The molecule has 1 fully saturated rings. The van der Waals surface area contributed by atoms with E-state index in [4.69, 9.17) is 0 Å². The minimum absolute atomic E-state index is 0.0254. The first-order chi connectivity index (χ1) is 15.5. The molecule has 3 heterocycles. The first-order valence-electron chi connectivity index (χ1n) is 10.6. The van der Waals surface area contributed by atoms with E-state index in [1.165, 1.54) is 23.9 Å². The Morgan fingerprint density at radius 3 is 2.84 bits per heavy atom. The number of anilines is 1. The van der Waals surface area contributed by atoms with Crippen LogP contribution in [0.3, 0.4) is 0 Å². The number of fused-ring (bicyclic) bond motifs is 3. The van der Waals surface area contributed by atoms with Crippen molar-refractivity contribution in [2.45, 2.75) is 38.5 Å². The van der Waals surface area contributed by atoms with Crippen molar-refractivity contribution >= 4 is 28.5 Å². The summed E-state index contributed by atoms with van der Waals surface area (Å²) in [4.78, 5) is 14.6. The van der Waals surface area contributed by atoms with Crippen LogP contribution in [0.5, 0.6) is 0 Å². The van der Waals surface area contributed by atoms with Gasteiger partial charge in [-0.05, 0) is 55.2 Å². The molecule has 3 unspecified atom stereocenters. The highest BCUT2D eigenvalue weighted by Gasteiger charge is 2.44. The van der Waals surface area contributed by atoms with E-state index in [1.54, 1.807) is 0 Å². The van der Waals surface area contributed by atoms with Crippen LogP contribution in [0, 0.1) is 19.7 Å². The molecule has 0 radical (unpaired) electrons. The smallest absolute Gasteiger partial charge is 0.234 e. The van der Waals surface area contributed by atoms with E-state index in [1.807, 2.05) is 56.6 Å². The number of thioether (sulfide) groups is 1. The van der Waals surface area contributed by atoms with Crippen LogP contribution in [0.1, 0.15) is 29.2 Å². The van der Waals surface area contributed by atoms with Gasteiger partial charge in [0, 0.05) is 18.1 Å². The number of nitrogens with one attached hydrogen (secondary N) is 3. The van der Waals surface area contributed by atoms with Crippen LogP contribution in [0.4, 0.5) is 10.1 Å². The number of aryl methyl sites for hydroxylation is 1. The molecular formula is C23H25FN6OS. The number of carbonyl (C=O) groups is 1. The second-order valence-electron chi connectivity index (χ2n) is 8.20. The van der Waals surface area contributed by atoms with Crippen molar-refractivity contribution in [3.8, 4) is 0 Å². The fourth-order valence-electron chi connectivity index (χ4n) is 4.27. The Morgan fingerprint density at radius 2 is 2.03 bits per heavy atom. The molecule has 3 aliphatic rings. The van der Waals surface area contributed by atoms with Crippen LogP contribution < -0.4 is 16.2 Å². The zero-order valence-electron chi connectivity index (χ0n) is 17.9. The van der Waals surface area contributed by atoms with Crippen LogP contribution in [0.15, 0.2) is 60.0 Å². The monoisotopic (exact) mass is 452 g/mol. The van der Waals surface area contributed by atoms with Gasteiger partial charge in [0.1, 0.15) is 12.0 Å². The zero-order chi connectivity index (χ0) is 22.2. The van der Waals surface area contributed by atoms with Gasteiger partial charge in [-0.15, -0.1) is 0 Å². The second-order valence-corrected chi connectivity index (χ2v) is 9.14. The lowest BCUT2D eigenvalue weighted by Gasteiger charge is -2.36. The van der Waals surface area contributed by atoms with Gasteiger partial charge in [-0.25, -0.2) is 9.82 Å². The molecule has 32 heavy (non-hydrogen) atoms. The lowest BCUT2D eigenvalue weighted by Crippen LogP contribution is -2.54. The molecule has 2 aromatic rings. The molecule has 0 aromatic heterocycles. The predicted octanol–water partition coefficient (Wildman–Crippen LogP) is 3.42. The van der Waals surface area contributed by atoms with Crippen LogP contribution in [-0.2, 0) is 4.79 Å². The number of hydrogen-bond acceptors (Lipinski definition) is 7. The van der Waals surface area contributed by atoms with Crippen LogP contribution >= 0.6 is 11.8 Å². The lowest BCUT2D eigenvalue weighted by molar-refractivity contribution is -0.113. The Bertz CT molecular complexity index is 1090. The number of halogens is 1. The Kier molecular flexibility index (Phi) is 5.52. The first-order valence-corrected chi connectivity index (χ1v) is 11.6. The number of nitrogens with zero attached hydrogens (tertiary/aromatic N) is 3. The third-order valence-electron chi connectivity index (χ3n) is 6.19. The van der Waals surface area contributed by atoms with Crippen molar-refractivity contribution in [2.24, 2.45) is 5.10 Å². The fourth-order valence-corrected chi connectivity index (χ4v) is 5.04. The summed E-state index contributed by atoms with van der Waals surface area (Å²) < 4.78 is 13.3. The molecule has 7 nitrogen and oxygen atoms in total. The van der Waals surface area contributed by atoms with Gasteiger partial charge >= 0.3 is 0 Å². The highest BCUT2D eigenvalue weighted by atomic mass is 32.2. The van der Waals surface area contributed by atoms with Crippen molar-refractivity contribution in [3.63, 3.8) is 0 Å². The summed E-state index contributed by atoms with van der Waals surface area (Å²) in [5.41, 5.74) is 10.8. The van der Waals surface area contributed by atoms with Crippen molar-refractivity contribution in [1.82, 2.24) is 20.8 Å². The Hall–Kier alpha value is -3.04. The van der Waals surface area contributed by atoms with Crippen LogP contribution in [-0.4, -0.2) is 38.9 Å². The fraction of sp³-hybridized carbons (Fsp3) is 0.304. The van der Waals surface area contributed by atoms with E-state index in [9.17, 15) is 9.18 Å². The molecule has 0 aliphatic carbocycles. The minimum Gasteiger partial charge on any atom is -0.325 e.